The summed E-state index contributed by atoms with van der Waals surface area (Å²) in [6, 6.07) is 0. The van der Waals surface area contributed by atoms with Crippen LogP contribution in [0.5, 0.6) is 0 Å². The molecule has 0 radical (unpaired) electrons. The maximum atomic E-state index is 10.9. The molecule has 2 rings (SSSR count). The second-order valence-electron chi connectivity index (χ2n) is 4.04. The average Bonchev–Trinajstić information content (AvgIpc) is 2.79. The van der Waals surface area contributed by atoms with Crippen LogP contribution in [0.4, 0.5) is 0 Å². The highest BCUT2D eigenvalue weighted by molar-refractivity contribution is 5.55. The van der Waals surface area contributed by atoms with Crippen LogP contribution in [-0.2, 0) is 4.79 Å². The van der Waals surface area contributed by atoms with E-state index in [0.717, 1.165) is 25.2 Å². The maximum Gasteiger partial charge on any atom is 0.123 e. The van der Waals surface area contributed by atoms with Crippen molar-refractivity contribution in [2.75, 3.05) is 0 Å². The Kier molecular flexibility index (Phi) is 1.96. The van der Waals surface area contributed by atoms with Gasteiger partial charge in [-0.3, -0.25) is 0 Å². The van der Waals surface area contributed by atoms with E-state index in [1.54, 1.807) is 0 Å². The lowest BCUT2D eigenvalue weighted by Crippen LogP contribution is -2.05. The summed E-state index contributed by atoms with van der Waals surface area (Å²) in [7, 11) is 0. The zero-order valence-electron chi connectivity index (χ0n) is 8.33. The van der Waals surface area contributed by atoms with Gasteiger partial charge < -0.3 is 4.79 Å². The monoisotopic (exact) mass is 165 g/mol. The van der Waals surface area contributed by atoms with Crippen LogP contribution < -0.4 is 0 Å². The van der Waals surface area contributed by atoms with Crippen molar-refractivity contribution in [3.05, 3.63) is 12.2 Å². The quantitative estimate of drug-likeness (QED) is 0.464. The largest absolute Gasteiger partial charge is 0.303 e. The first-order chi connectivity index (χ1) is 6.27. The predicted octanol–water partition coefficient (Wildman–Crippen LogP) is 2.57. The molecule has 2 fully saturated rings. The topological polar surface area (TPSA) is 17.1 Å². The summed E-state index contributed by atoms with van der Waals surface area (Å²) in [5.41, 5.74) is 0. The number of carbonyl (C=O) groups is 1. The Labute approximate surface area is 75.3 Å². The molecule has 2 atom stereocenters. The van der Waals surface area contributed by atoms with E-state index in [1.807, 2.05) is 0 Å². The molecule has 2 aliphatic carbocycles. The Morgan fingerprint density at radius 3 is 2.50 bits per heavy atom. The molecule has 0 aromatic rings. The molecular formula is C11H16O. The Balaban J connectivity index is 1.92. The van der Waals surface area contributed by atoms with Crippen molar-refractivity contribution in [2.24, 2.45) is 17.8 Å². The Bertz CT molecular complexity index is 230. The molecule has 0 aromatic carbocycles. The Hall–Kier alpha value is -0.590. The van der Waals surface area contributed by atoms with E-state index in [2.05, 4.69) is 12.2 Å². The third-order valence-corrected chi connectivity index (χ3v) is 2.97. The zero-order chi connectivity index (χ0) is 9.26. The number of hydrogen-bond donors (Lipinski definition) is 0. The van der Waals surface area contributed by atoms with Crippen molar-refractivity contribution < 1.29 is 6.17 Å². The molecule has 0 aromatic heterocycles. The van der Waals surface area contributed by atoms with Crippen LogP contribution in [0.15, 0.2) is 12.2 Å². The highest BCUT2D eigenvalue weighted by atomic mass is 16.1. The molecule has 0 spiro atoms. The molecule has 2 saturated carbocycles. The molecule has 66 valence electrons. The van der Waals surface area contributed by atoms with E-state index in [0.29, 0.717) is 5.92 Å². The fourth-order valence-corrected chi connectivity index (χ4v) is 1.95. The summed E-state index contributed by atoms with van der Waals surface area (Å²) in [6.07, 6.45) is 9.90. The average molecular weight is 165 g/mol. The normalized spacial score (nSPS) is 37.2. The molecule has 0 bridgehead atoms. The van der Waals surface area contributed by atoms with E-state index in [-0.39, 0.29) is 12.2 Å². The van der Waals surface area contributed by atoms with Gasteiger partial charge in [0, 0.05) is 5.92 Å². The van der Waals surface area contributed by atoms with Gasteiger partial charge in [-0.2, -0.15) is 0 Å². The van der Waals surface area contributed by atoms with Crippen LogP contribution in [0, 0.1) is 17.8 Å². The second kappa shape index (κ2) is 3.42. The van der Waals surface area contributed by atoms with Crippen LogP contribution in [0.1, 0.15) is 33.5 Å². The van der Waals surface area contributed by atoms with Crippen LogP contribution in [0.25, 0.3) is 0 Å². The van der Waals surface area contributed by atoms with E-state index in [9.17, 15) is 4.79 Å². The molecule has 0 saturated heterocycles. The standard InChI is InChI=1S/C11H16O/c12-8-11-3-1-2-10(11)7-6-9-4-5-9/h6-11H,1-5H2/b7-6+/t10-,11-/m0/s1/i8D. The molecule has 2 aliphatic rings. The van der Waals surface area contributed by atoms with Gasteiger partial charge in [0.25, 0.3) is 0 Å². The summed E-state index contributed by atoms with van der Waals surface area (Å²) in [5, 5.41) is 0. The summed E-state index contributed by atoms with van der Waals surface area (Å²) >= 11 is 0. The van der Waals surface area contributed by atoms with Crippen LogP contribution in [-0.4, -0.2) is 6.26 Å². The fraction of sp³-hybridized carbons (Fsp3) is 0.727. The molecule has 0 amide bonds. The predicted molar refractivity (Wildman–Crippen MR) is 48.8 cm³/mol. The lowest BCUT2D eigenvalue weighted by Gasteiger charge is -2.07. The lowest BCUT2D eigenvalue weighted by molar-refractivity contribution is -0.111. The molecule has 1 nitrogen and oxygen atoms in total. The molecule has 0 N–H and O–H groups in total. The van der Waals surface area contributed by atoms with Crippen molar-refractivity contribution in [3.8, 4) is 0 Å². The zero-order valence-corrected chi connectivity index (χ0v) is 7.33. The molecule has 1 heteroatoms. The summed E-state index contributed by atoms with van der Waals surface area (Å²) < 4.78 is 7.13. The van der Waals surface area contributed by atoms with E-state index in [4.69, 9.17) is 1.37 Å². The smallest absolute Gasteiger partial charge is 0.123 e. The summed E-state index contributed by atoms with van der Waals surface area (Å²) in [5.74, 6) is 1.18. The molecular weight excluding hydrogens is 148 g/mol. The minimum absolute atomic E-state index is 0.00926. The van der Waals surface area contributed by atoms with Gasteiger partial charge >= 0.3 is 0 Å². The highest BCUT2D eigenvalue weighted by Gasteiger charge is 2.25. The van der Waals surface area contributed by atoms with E-state index in [1.165, 1.54) is 12.8 Å². The fourth-order valence-electron chi connectivity index (χ4n) is 1.95. The number of hydrogen-bond acceptors (Lipinski definition) is 1. The van der Waals surface area contributed by atoms with Crippen molar-refractivity contribution in [2.45, 2.75) is 32.1 Å². The van der Waals surface area contributed by atoms with Gasteiger partial charge in [-0.1, -0.05) is 18.6 Å². The van der Waals surface area contributed by atoms with Crippen LogP contribution >= 0.6 is 0 Å². The van der Waals surface area contributed by atoms with Gasteiger partial charge in [0.15, 0.2) is 0 Å². The number of allylic oxidation sites excluding steroid dienone is 2. The molecule has 0 unspecified atom stereocenters. The van der Waals surface area contributed by atoms with Gasteiger partial charge in [-0.25, -0.2) is 0 Å². The number of aldehydes is 1. The van der Waals surface area contributed by atoms with Gasteiger partial charge in [0.1, 0.15) is 7.63 Å². The van der Waals surface area contributed by atoms with Crippen molar-refractivity contribution in [1.29, 1.82) is 0 Å². The van der Waals surface area contributed by atoms with Gasteiger partial charge in [0.05, 0.1) is 0 Å². The van der Waals surface area contributed by atoms with E-state index >= 15 is 0 Å². The SMILES string of the molecule is [2H]C(=O)[C@@H]1CCC[C@H]1/C=C/C1CC1. The Morgan fingerprint density at radius 2 is 1.83 bits per heavy atom. The van der Waals surface area contributed by atoms with Crippen molar-refractivity contribution in [1.82, 2.24) is 0 Å². The first-order valence-corrected chi connectivity index (χ1v) is 4.96. The lowest BCUT2D eigenvalue weighted by atomic mass is 9.97. The van der Waals surface area contributed by atoms with Crippen molar-refractivity contribution >= 4 is 6.26 Å². The van der Waals surface area contributed by atoms with Gasteiger partial charge in [0.2, 0.25) is 0 Å². The molecule has 0 aliphatic heterocycles. The summed E-state index contributed by atoms with van der Waals surface area (Å²) in [6.45, 7) is 0. The number of rotatable bonds is 3. The Morgan fingerprint density at radius 1 is 1.08 bits per heavy atom. The van der Waals surface area contributed by atoms with Crippen molar-refractivity contribution in [3.63, 3.8) is 0 Å². The summed E-state index contributed by atoms with van der Waals surface area (Å²) in [4.78, 5) is 10.9. The van der Waals surface area contributed by atoms with E-state index < -0.39 is 0 Å². The van der Waals surface area contributed by atoms with Crippen LogP contribution in [0.3, 0.4) is 0 Å². The van der Waals surface area contributed by atoms with Gasteiger partial charge in [-0.15, -0.1) is 0 Å². The third-order valence-electron chi connectivity index (χ3n) is 2.97. The van der Waals surface area contributed by atoms with Crippen LogP contribution in [0.2, 0.25) is 0 Å². The maximum absolute atomic E-state index is 10.9. The highest BCUT2D eigenvalue weighted by Crippen LogP contribution is 2.35. The first-order valence-electron chi connectivity index (χ1n) is 5.46. The van der Waals surface area contributed by atoms with Gasteiger partial charge in [-0.05, 0) is 37.5 Å². The molecule has 12 heavy (non-hydrogen) atoms. The minimum Gasteiger partial charge on any atom is -0.303 e. The second-order valence-corrected chi connectivity index (χ2v) is 4.04. The third kappa shape index (κ3) is 1.77. The first kappa shape index (κ1) is 6.88. The number of carbonyl (C=O) groups excluding carboxylic acids is 1. The minimum atomic E-state index is -0.358. The molecule has 0 heterocycles.